The van der Waals surface area contributed by atoms with E-state index in [9.17, 15) is 4.79 Å². The van der Waals surface area contributed by atoms with Crippen LogP contribution in [0.15, 0.2) is 60.5 Å². The van der Waals surface area contributed by atoms with Crippen LogP contribution in [0.3, 0.4) is 0 Å². The number of carbonyl (C=O) groups is 1. The molecule has 28 heavy (non-hydrogen) atoms. The lowest BCUT2D eigenvalue weighted by Gasteiger charge is -2.11. The minimum atomic E-state index is -0.176. The first kappa shape index (κ1) is 18.3. The quantitative estimate of drug-likeness (QED) is 0.525. The Morgan fingerprint density at radius 2 is 2.14 bits per heavy atom. The largest absolute Gasteiger partial charge is 0.324 e. The van der Waals surface area contributed by atoms with Crippen molar-refractivity contribution in [2.24, 2.45) is 0 Å². The van der Waals surface area contributed by atoms with Gasteiger partial charge in [-0.2, -0.15) is 5.10 Å². The Morgan fingerprint density at radius 1 is 1.25 bits per heavy atom. The van der Waals surface area contributed by atoms with Crippen LogP contribution in [0.1, 0.15) is 11.3 Å². The van der Waals surface area contributed by atoms with Crippen molar-refractivity contribution in [2.75, 3.05) is 5.32 Å². The van der Waals surface area contributed by atoms with Crippen LogP contribution in [0.5, 0.6) is 0 Å². The maximum Gasteiger partial charge on any atom is 0.230 e. The first-order chi connectivity index (χ1) is 13.6. The molecule has 1 N–H and O–H groups in total. The lowest BCUT2D eigenvalue weighted by atomic mass is 10.1. The molecule has 4 aromatic rings. The van der Waals surface area contributed by atoms with E-state index in [0.29, 0.717) is 16.4 Å². The van der Waals surface area contributed by atoms with Gasteiger partial charge in [-0.25, -0.2) is 14.6 Å². The molecule has 2 heterocycles. The van der Waals surface area contributed by atoms with Gasteiger partial charge in [-0.05, 0) is 31.2 Å². The highest BCUT2D eigenvalue weighted by molar-refractivity contribution is 7.13. The number of amides is 1. The molecule has 140 valence electrons. The first-order valence-electron chi connectivity index (χ1n) is 8.54. The van der Waals surface area contributed by atoms with Crippen molar-refractivity contribution in [3.8, 4) is 16.3 Å². The second-order valence-corrected chi connectivity index (χ2v) is 7.53. The Balaban J connectivity index is 1.51. The summed E-state index contributed by atoms with van der Waals surface area (Å²) in [5.41, 5.74) is 4.21. The number of hydrogen-bond acceptors (Lipinski definition) is 5. The summed E-state index contributed by atoms with van der Waals surface area (Å²) in [6, 6.07) is 13.4. The third-order valence-electron chi connectivity index (χ3n) is 4.06. The Bertz CT molecular complexity index is 1120. The van der Waals surface area contributed by atoms with Crippen LogP contribution in [0.4, 0.5) is 5.69 Å². The number of aromatic nitrogens is 4. The fourth-order valence-corrected chi connectivity index (χ4v) is 3.79. The predicted octanol–water partition coefficient (Wildman–Crippen LogP) is 4.53. The lowest BCUT2D eigenvalue weighted by molar-refractivity contribution is -0.115. The maximum absolute atomic E-state index is 12.6. The highest BCUT2D eigenvalue weighted by atomic mass is 35.5. The smallest absolute Gasteiger partial charge is 0.230 e. The number of thiazole rings is 1. The van der Waals surface area contributed by atoms with Gasteiger partial charge in [0.05, 0.1) is 23.5 Å². The van der Waals surface area contributed by atoms with Gasteiger partial charge in [0.25, 0.3) is 0 Å². The third kappa shape index (κ3) is 4.11. The zero-order valence-corrected chi connectivity index (χ0v) is 16.5. The zero-order valence-electron chi connectivity index (χ0n) is 15.0. The molecule has 0 saturated heterocycles. The van der Waals surface area contributed by atoms with Crippen molar-refractivity contribution in [3.63, 3.8) is 0 Å². The van der Waals surface area contributed by atoms with Crippen LogP contribution in [0, 0.1) is 6.92 Å². The summed E-state index contributed by atoms with van der Waals surface area (Å²) in [5.74, 6) is -0.176. The van der Waals surface area contributed by atoms with E-state index >= 15 is 0 Å². The van der Waals surface area contributed by atoms with Crippen molar-refractivity contribution in [1.29, 1.82) is 0 Å². The van der Waals surface area contributed by atoms with Gasteiger partial charge in [-0.1, -0.05) is 35.4 Å². The number of halogens is 1. The van der Waals surface area contributed by atoms with E-state index in [4.69, 9.17) is 11.6 Å². The second kappa shape index (κ2) is 7.92. The molecule has 8 heteroatoms. The molecule has 2 aromatic carbocycles. The van der Waals surface area contributed by atoms with Crippen molar-refractivity contribution in [2.45, 2.75) is 13.3 Å². The molecular weight excluding hydrogens is 394 g/mol. The molecule has 0 spiro atoms. The first-order valence-corrected chi connectivity index (χ1v) is 9.80. The number of nitrogens with one attached hydrogen (secondary N) is 1. The van der Waals surface area contributed by atoms with E-state index in [2.05, 4.69) is 26.4 Å². The number of anilines is 1. The van der Waals surface area contributed by atoms with Gasteiger partial charge in [0.1, 0.15) is 17.7 Å². The lowest BCUT2D eigenvalue weighted by Crippen LogP contribution is -2.16. The van der Waals surface area contributed by atoms with Crippen molar-refractivity contribution in [1.82, 2.24) is 19.7 Å². The standard InChI is InChI=1S/C20H16ClN5OS/c1-13-3-2-4-14(7-13)20-24-16(10-28-20)9-19(27)25-17-8-15(21)5-6-18(17)26-12-22-11-23-26/h2-8,10-12H,9H2,1H3,(H,25,27). The van der Waals surface area contributed by atoms with Gasteiger partial charge in [-0.3, -0.25) is 4.79 Å². The Kier molecular flexibility index (Phi) is 5.18. The van der Waals surface area contributed by atoms with Crippen LogP contribution in [-0.4, -0.2) is 25.7 Å². The Hall–Kier alpha value is -3.03. The van der Waals surface area contributed by atoms with Gasteiger partial charge in [-0.15, -0.1) is 11.3 Å². The van der Waals surface area contributed by atoms with Gasteiger partial charge in [0.2, 0.25) is 5.91 Å². The number of carbonyl (C=O) groups excluding carboxylic acids is 1. The second-order valence-electron chi connectivity index (χ2n) is 6.24. The average Bonchev–Trinajstić information content (AvgIpc) is 3.34. The Labute approximate surface area is 170 Å². The SMILES string of the molecule is Cc1cccc(-c2nc(CC(=O)Nc3cc(Cl)ccc3-n3cncn3)cs2)c1. The summed E-state index contributed by atoms with van der Waals surface area (Å²) >= 11 is 7.63. The molecule has 0 unspecified atom stereocenters. The number of rotatable bonds is 5. The molecular formula is C20H16ClN5OS. The van der Waals surface area contributed by atoms with Crippen molar-refractivity contribution < 1.29 is 4.79 Å². The molecule has 0 atom stereocenters. The molecule has 6 nitrogen and oxygen atoms in total. The fourth-order valence-electron chi connectivity index (χ4n) is 2.80. The predicted molar refractivity (Wildman–Crippen MR) is 111 cm³/mol. The zero-order chi connectivity index (χ0) is 19.5. The topological polar surface area (TPSA) is 72.7 Å². The molecule has 2 aromatic heterocycles. The van der Waals surface area contributed by atoms with Crippen LogP contribution in [0.25, 0.3) is 16.3 Å². The molecule has 0 aliphatic heterocycles. The highest BCUT2D eigenvalue weighted by Gasteiger charge is 2.13. The van der Waals surface area contributed by atoms with Crippen LogP contribution < -0.4 is 5.32 Å². The normalized spacial score (nSPS) is 10.8. The van der Waals surface area contributed by atoms with Crippen LogP contribution in [0.2, 0.25) is 5.02 Å². The summed E-state index contributed by atoms with van der Waals surface area (Å²) < 4.78 is 1.57. The summed E-state index contributed by atoms with van der Waals surface area (Å²) in [7, 11) is 0. The number of nitrogens with zero attached hydrogens (tertiary/aromatic N) is 4. The molecule has 1 amide bonds. The minimum Gasteiger partial charge on any atom is -0.324 e. The average molecular weight is 410 g/mol. The third-order valence-corrected chi connectivity index (χ3v) is 5.23. The van der Waals surface area contributed by atoms with Gasteiger partial charge < -0.3 is 5.32 Å². The molecule has 0 radical (unpaired) electrons. The summed E-state index contributed by atoms with van der Waals surface area (Å²) in [6.45, 7) is 2.04. The summed E-state index contributed by atoms with van der Waals surface area (Å²) in [4.78, 5) is 21.1. The summed E-state index contributed by atoms with van der Waals surface area (Å²) in [5, 5.41) is 10.3. The minimum absolute atomic E-state index is 0.172. The van der Waals surface area contributed by atoms with Crippen molar-refractivity contribution >= 4 is 34.5 Å². The number of hydrogen-bond donors (Lipinski definition) is 1. The van der Waals surface area contributed by atoms with Gasteiger partial charge >= 0.3 is 0 Å². The highest BCUT2D eigenvalue weighted by Crippen LogP contribution is 2.26. The van der Waals surface area contributed by atoms with E-state index in [1.54, 1.807) is 29.2 Å². The molecule has 0 bridgehead atoms. The van der Waals surface area contributed by atoms with Crippen LogP contribution >= 0.6 is 22.9 Å². The van der Waals surface area contributed by atoms with E-state index in [-0.39, 0.29) is 12.3 Å². The molecule has 0 saturated carbocycles. The van der Waals surface area contributed by atoms with Gasteiger partial charge in [0, 0.05) is 16.0 Å². The molecule has 4 rings (SSSR count). The Morgan fingerprint density at radius 3 is 2.93 bits per heavy atom. The van der Waals surface area contributed by atoms with E-state index < -0.39 is 0 Å². The fraction of sp³-hybridized carbons (Fsp3) is 0.100. The molecule has 0 fully saturated rings. The van der Waals surface area contributed by atoms with E-state index in [1.807, 2.05) is 30.5 Å². The van der Waals surface area contributed by atoms with E-state index in [0.717, 1.165) is 16.3 Å². The molecule has 0 aliphatic rings. The van der Waals surface area contributed by atoms with Crippen molar-refractivity contribution in [3.05, 3.63) is 76.8 Å². The summed E-state index contributed by atoms with van der Waals surface area (Å²) in [6.07, 6.45) is 3.17. The number of aryl methyl sites for hydroxylation is 1. The van der Waals surface area contributed by atoms with E-state index in [1.165, 1.54) is 23.2 Å². The maximum atomic E-state index is 12.6. The molecule has 0 aliphatic carbocycles. The monoisotopic (exact) mass is 409 g/mol. The van der Waals surface area contributed by atoms with Crippen LogP contribution in [-0.2, 0) is 11.2 Å². The number of benzene rings is 2. The van der Waals surface area contributed by atoms with Gasteiger partial charge in [0.15, 0.2) is 0 Å².